The molecule has 0 radical (unpaired) electrons. The summed E-state index contributed by atoms with van der Waals surface area (Å²) in [5.41, 5.74) is 6.17. The van der Waals surface area contributed by atoms with E-state index >= 15 is 0 Å². The molecule has 0 rings (SSSR count). The molecular weight excluding hydrogens is 353 g/mol. The summed E-state index contributed by atoms with van der Waals surface area (Å²) in [5.74, 6) is 0.561. The van der Waals surface area contributed by atoms with Crippen LogP contribution in [0.4, 0.5) is 0 Å². The Morgan fingerprint density at radius 3 is 2.21 bits per heavy atom. The smallest absolute Gasteiger partial charge is 0.188 e. The number of aliphatic imine (C=N–C) groups is 1. The van der Waals surface area contributed by atoms with Gasteiger partial charge in [0.25, 0.3) is 0 Å². The molecular formula is C14H32IN3O. The van der Waals surface area contributed by atoms with Gasteiger partial charge >= 0.3 is 0 Å². The SMILES string of the molecule is CCOCCCNC(N)=NCC(CC)(CC)CC.I. The summed E-state index contributed by atoms with van der Waals surface area (Å²) in [6, 6.07) is 0. The van der Waals surface area contributed by atoms with Crippen LogP contribution in [0.25, 0.3) is 0 Å². The van der Waals surface area contributed by atoms with E-state index in [4.69, 9.17) is 10.5 Å². The number of halogens is 1. The van der Waals surface area contributed by atoms with Crippen molar-refractivity contribution in [1.82, 2.24) is 5.32 Å². The third-order valence-corrected chi connectivity index (χ3v) is 3.81. The van der Waals surface area contributed by atoms with Crippen molar-refractivity contribution in [3.8, 4) is 0 Å². The largest absolute Gasteiger partial charge is 0.382 e. The average Bonchev–Trinajstić information content (AvgIpc) is 2.41. The predicted molar refractivity (Wildman–Crippen MR) is 94.3 cm³/mol. The van der Waals surface area contributed by atoms with Crippen molar-refractivity contribution in [2.75, 3.05) is 26.3 Å². The summed E-state index contributed by atoms with van der Waals surface area (Å²) < 4.78 is 5.26. The third-order valence-electron chi connectivity index (χ3n) is 3.81. The monoisotopic (exact) mass is 385 g/mol. The van der Waals surface area contributed by atoms with E-state index in [1.807, 2.05) is 6.92 Å². The summed E-state index contributed by atoms with van der Waals surface area (Å²) in [6.07, 6.45) is 4.42. The first kappa shape index (κ1) is 21.3. The van der Waals surface area contributed by atoms with Crippen LogP contribution in [0.5, 0.6) is 0 Å². The molecule has 0 amide bonds. The van der Waals surface area contributed by atoms with Gasteiger partial charge in [0.15, 0.2) is 5.96 Å². The van der Waals surface area contributed by atoms with Crippen molar-refractivity contribution < 1.29 is 4.74 Å². The third kappa shape index (κ3) is 9.49. The molecule has 3 N–H and O–H groups in total. The average molecular weight is 385 g/mol. The molecule has 0 atom stereocenters. The van der Waals surface area contributed by atoms with Crippen molar-refractivity contribution in [2.45, 2.75) is 53.4 Å². The highest BCUT2D eigenvalue weighted by atomic mass is 127. The molecule has 0 saturated heterocycles. The lowest BCUT2D eigenvalue weighted by Gasteiger charge is -2.28. The minimum Gasteiger partial charge on any atom is -0.382 e. The van der Waals surface area contributed by atoms with E-state index in [2.05, 4.69) is 31.1 Å². The first-order valence-corrected chi connectivity index (χ1v) is 7.25. The highest BCUT2D eigenvalue weighted by Crippen LogP contribution is 2.30. The van der Waals surface area contributed by atoms with Crippen molar-refractivity contribution in [2.24, 2.45) is 16.1 Å². The van der Waals surface area contributed by atoms with Crippen molar-refractivity contribution in [3.63, 3.8) is 0 Å². The highest BCUT2D eigenvalue weighted by molar-refractivity contribution is 14.0. The molecule has 0 unspecified atom stereocenters. The molecule has 0 aromatic rings. The van der Waals surface area contributed by atoms with Gasteiger partial charge in [-0.25, -0.2) is 0 Å². The second-order valence-electron chi connectivity index (χ2n) is 4.74. The van der Waals surface area contributed by atoms with Crippen LogP contribution < -0.4 is 11.1 Å². The van der Waals surface area contributed by atoms with E-state index in [0.29, 0.717) is 11.4 Å². The lowest BCUT2D eigenvalue weighted by molar-refractivity contribution is 0.145. The molecule has 0 aliphatic heterocycles. The van der Waals surface area contributed by atoms with Crippen LogP contribution in [0.2, 0.25) is 0 Å². The molecule has 0 spiro atoms. The molecule has 5 heteroatoms. The number of rotatable bonds is 10. The fourth-order valence-corrected chi connectivity index (χ4v) is 1.93. The zero-order valence-corrected chi connectivity index (χ0v) is 15.3. The molecule has 0 aliphatic carbocycles. The van der Waals surface area contributed by atoms with Gasteiger partial charge in [0.05, 0.1) is 0 Å². The van der Waals surface area contributed by atoms with Crippen LogP contribution in [0, 0.1) is 5.41 Å². The van der Waals surface area contributed by atoms with Gasteiger partial charge in [-0.2, -0.15) is 0 Å². The summed E-state index contributed by atoms with van der Waals surface area (Å²) in [5, 5.41) is 3.13. The molecule has 0 saturated carbocycles. The topological polar surface area (TPSA) is 59.6 Å². The Bertz CT molecular complexity index is 222. The summed E-state index contributed by atoms with van der Waals surface area (Å²) >= 11 is 0. The normalized spacial score (nSPS) is 12.1. The second-order valence-corrected chi connectivity index (χ2v) is 4.74. The molecule has 0 fully saturated rings. The molecule has 0 aliphatic rings. The standard InChI is InChI=1S/C14H31N3O.HI/c1-5-14(6-2,7-3)12-17-13(15)16-10-9-11-18-8-4;/h5-12H2,1-4H3,(H3,15,16,17);1H. The Hall–Kier alpha value is -0.0400. The van der Waals surface area contributed by atoms with Crippen LogP contribution in [0.1, 0.15) is 53.4 Å². The molecule has 0 aromatic carbocycles. The van der Waals surface area contributed by atoms with Gasteiger partial charge in [-0.3, -0.25) is 4.99 Å². The van der Waals surface area contributed by atoms with E-state index in [0.717, 1.165) is 52.0 Å². The van der Waals surface area contributed by atoms with Gasteiger partial charge < -0.3 is 15.8 Å². The second kappa shape index (κ2) is 13.0. The fourth-order valence-electron chi connectivity index (χ4n) is 1.93. The van der Waals surface area contributed by atoms with Crippen molar-refractivity contribution in [1.29, 1.82) is 0 Å². The van der Waals surface area contributed by atoms with Gasteiger partial charge in [0.2, 0.25) is 0 Å². The summed E-state index contributed by atoms with van der Waals surface area (Å²) in [6.45, 7) is 11.9. The number of nitrogens with one attached hydrogen (secondary N) is 1. The van der Waals surface area contributed by atoms with Gasteiger partial charge in [-0.15, -0.1) is 24.0 Å². The molecule has 0 heterocycles. The Kier molecular flexibility index (Phi) is 14.5. The van der Waals surface area contributed by atoms with E-state index in [1.54, 1.807) is 0 Å². The van der Waals surface area contributed by atoms with Crippen molar-refractivity contribution >= 4 is 29.9 Å². The van der Waals surface area contributed by atoms with Gasteiger partial charge in [-0.05, 0) is 38.0 Å². The maximum Gasteiger partial charge on any atom is 0.188 e. The Morgan fingerprint density at radius 1 is 1.16 bits per heavy atom. The van der Waals surface area contributed by atoms with Gasteiger partial charge in [-0.1, -0.05) is 20.8 Å². The number of guanidine groups is 1. The lowest BCUT2D eigenvalue weighted by atomic mass is 9.80. The number of hydrogen-bond acceptors (Lipinski definition) is 2. The minimum atomic E-state index is 0. The minimum absolute atomic E-state index is 0. The maximum absolute atomic E-state index is 5.86. The molecule has 0 bridgehead atoms. The van der Waals surface area contributed by atoms with Gasteiger partial charge in [0.1, 0.15) is 0 Å². The molecule has 116 valence electrons. The molecule has 19 heavy (non-hydrogen) atoms. The first-order chi connectivity index (χ1) is 8.64. The van der Waals surface area contributed by atoms with Crippen LogP contribution in [-0.2, 0) is 4.74 Å². The lowest BCUT2D eigenvalue weighted by Crippen LogP contribution is -2.34. The number of hydrogen-bond donors (Lipinski definition) is 2. The van der Waals surface area contributed by atoms with Crippen LogP contribution >= 0.6 is 24.0 Å². The van der Waals surface area contributed by atoms with Crippen LogP contribution in [0.15, 0.2) is 4.99 Å². The molecule has 0 aromatic heterocycles. The molecule has 4 nitrogen and oxygen atoms in total. The first-order valence-electron chi connectivity index (χ1n) is 7.25. The van der Waals surface area contributed by atoms with E-state index in [-0.39, 0.29) is 24.0 Å². The zero-order chi connectivity index (χ0) is 13.9. The highest BCUT2D eigenvalue weighted by Gasteiger charge is 2.23. The number of ether oxygens (including phenoxy) is 1. The summed E-state index contributed by atoms with van der Waals surface area (Å²) in [7, 11) is 0. The quantitative estimate of drug-likeness (QED) is 0.263. The zero-order valence-electron chi connectivity index (χ0n) is 13.0. The van der Waals surface area contributed by atoms with Crippen LogP contribution in [0.3, 0.4) is 0 Å². The maximum atomic E-state index is 5.86. The Labute approximate surface area is 136 Å². The Balaban J connectivity index is 0. The van der Waals surface area contributed by atoms with Gasteiger partial charge in [0, 0.05) is 26.3 Å². The Morgan fingerprint density at radius 2 is 1.74 bits per heavy atom. The van der Waals surface area contributed by atoms with E-state index in [1.165, 1.54) is 0 Å². The number of nitrogens with two attached hydrogens (primary N) is 1. The fraction of sp³-hybridized carbons (Fsp3) is 0.929. The predicted octanol–water partition coefficient (Wildman–Crippen LogP) is 3.15. The summed E-state index contributed by atoms with van der Waals surface area (Å²) in [4.78, 5) is 4.47. The van der Waals surface area contributed by atoms with E-state index in [9.17, 15) is 0 Å². The van der Waals surface area contributed by atoms with Crippen LogP contribution in [-0.4, -0.2) is 32.3 Å². The van der Waals surface area contributed by atoms with E-state index < -0.39 is 0 Å². The van der Waals surface area contributed by atoms with Crippen molar-refractivity contribution in [3.05, 3.63) is 0 Å². The number of nitrogens with zero attached hydrogens (tertiary/aromatic N) is 1.